The highest BCUT2D eigenvalue weighted by Gasteiger charge is 2.29. The molecule has 0 bridgehead atoms. The summed E-state index contributed by atoms with van der Waals surface area (Å²) in [7, 11) is 1.98. The lowest BCUT2D eigenvalue weighted by atomic mass is 9.89. The van der Waals surface area contributed by atoms with E-state index in [0.717, 1.165) is 32.1 Å². The third-order valence-corrected chi connectivity index (χ3v) is 3.56. The monoisotopic (exact) mass is 290 g/mol. The molecule has 2 nitrogen and oxygen atoms in total. The van der Waals surface area contributed by atoms with Gasteiger partial charge in [0, 0.05) is 31.3 Å². The molecule has 0 radical (unpaired) electrons. The molecule has 2 rings (SSSR count). The maximum Gasteiger partial charge on any atom is 0.130 e. The van der Waals surface area contributed by atoms with Crippen LogP contribution in [0.5, 0.6) is 0 Å². The van der Waals surface area contributed by atoms with Crippen molar-refractivity contribution in [2.45, 2.75) is 19.9 Å². The van der Waals surface area contributed by atoms with Gasteiger partial charge in [-0.2, -0.15) is 0 Å². The smallest absolute Gasteiger partial charge is 0.130 e. The Morgan fingerprint density at radius 2 is 2.11 bits per heavy atom. The minimum absolute atomic E-state index is 0. The van der Waals surface area contributed by atoms with Gasteiger partial charge < -0.3 is 10.2 Å². The van der Waals surface area contributed by atoms with E-state index in [0.29, 0.717) is 12.1 Å². The van der Waals surface area contributed by atoms with E-state index >= 15 is 0 Å². The highest BCUT2D eigenvalue weighted by atomic mass is 35.5. The van der Waals surface area contributed by atoms with Crippen molar-refractivity contribution in [2.24, 2.45) is 5.41 Å². The Balaban J connectivity index is 0.00000180. The van der Waals surface area contributed by atoms with Crippen LogP contribution in [0.15, 0.2) is 18.2 Å². The Kier molecular flexibility index (Phi) is 5.71. The molecule has 0 saturated carbocycles. The van der Waals surface area contributed by atoms with Crippen LogP contribution < -0.4 is 5.32 Å². The quantitative estimate of drug-likeness (QED) is 0.917. The summed E-state index contributed by atoms with van der Waals surface area (Å²) >= 11 is 0. The van der Waals surface area contributed by atoms with Gasteiger partial charge in [0.25, 0.3) is 0 Å². The second-order valence-corrected chi connectivity index (χ2v) is 5.65. The Morgan fingerprint density at radius 3 is 2.68 bits per heavy atom. The van der Waals surface area contributed by atoms with Gasteiger partial charge in [-0.3, -0.25) is 0 Å². The molecule has 1 atom stereocenters. The van der Waals surface area contributed by atoms with E-state index < -0.39 is 11.6 Å². The molecule has 0 spiro atoms. The fourth-order valence-corrected chi connectivity index (χ4v) is 2.65. The summed E-state index contributed by atoms with van der Waals surface area (Å²) in [5.74, 6) is -0.984. The van der Waals surface area contributed by atoms with Crippen LogP contribution in [0.25, 0.3) is 0 Å². The highest BCUT2D eigenvalue weighted by Crippen LogP contribution is 2.26. The molecule has 1 saturated heterocycles. The molecule has 1 aliphatic rings. The van der Waals surface area contributed by atoms with Crippen LogP contribution in [0.3, 0.4) is 0 Å². The minimum atomic E-state index is -0.522. The summed E-state index contributed by atoms with van der Waals surface area (Å²) < 4.78 is 26.4. The van der Waals surface area contributed by atoms with Crippen molar-refractivity contribution in [2.75, 3.05) is 26.7 Å². The largest absolute Gasteiger partial charge is 0.316 e. The first-order valence-corrected chi connectivity index (χ1v) is 6.32. The molecule has 19 heavy (non-hydrogen) atoms. The van der Waals surface area contributed by atoms with Crippen molar-refractivity contribution in [3.63, 3.8) is 0 Å². The molecule has 1 unspecified atom stereocenters. The average Bonchev–Trinajstić information content (AvgIpc) is 2.69. The van der Waals surface area contributed by atoms with Gasteiger partial charge in [0.15, 0.2) is 0 Å². The van der Waals surface area contributed by atoms with Gasteiger partial charge >= 0.3 is 0 Å². The van der Waals surface area contributed by atoms with Crippen molar-refractivity contribution in [3.8, 4) is 0 Å². The van der Waals surface area contributed by atoms with Gasteiger partial charge in [0.2, 0.25) is 0 Å². The molecule has 0 aromatic heterocycles. The molecule has 1 fully saturated rings. The molecule has 0 aliphatic carbocycles. The van der Waals surface area contributed by atoms with Crippen LogP contribution in [-0.4, -0.2) is 31.6 Å². The second-order valence-electron chi connectivity index (χ2n) is 5.65. The van der Waals surface area contributed by atoms with Gasteiger partial charge in [0.1, 0.15) is 11.6 Å². The fourth-order valence-electron chi connectivity index (χ4n) is 2.65. The third kappa shape index (κ3) is 4.41. The zero-order valence-electron chi connectivity index (χ0n) is 11.4. The zero-order valence-corrected chi connectivity index (χ0v) is 12.2. The molecule has 0 amide bonds. The van der Waals surface area contributed by atoms with Gasteiger partial charge in [-0.15, -0.1) is 12.4 Å². The first-order valence-electron chi connectivity index (χ1n) is 6.32. The van der Waals surface area contributed by atoms with E-state index in [1.54, 1.807) is 0 Å². The van der Waals surface area contributed by atoms with Crippen LogP contribution in [0.1, 0.15) is 18.9 Å². The van der Waals surface area contributed by atoms with E-state index in [-0.39, 0.29) is 17.8 Å². The van der Waals surface area contributed by atoms with Crippen LogP contribution in [-0.2, 0) is 6.54 Å². The highest BCUT2D eigenvalue weighted by molar-refractivity contribution is 5.85. The van der Waals surface area contributed by atoms with E-state index in [4.69, 9.17) is 0 Å². The first-order chi connectivity index (χ1) is 8.48. The Hall–Kier alpha value is -0.710. The number of nitrogens with one attached hydrogen (secondary N) is 1. The Labute approximate surface area is 119 Å². The molecule has 108 valence electrons. The first kappa shape index (κ1) is 16.3. The van der Waals surface area contributed by atoms with Crippen molar-refractivity contribution in [1.82, 2.24) is 10.2 Å². The number of nitrogens with zero attached hydrogens (tertiary/aromatic N) is 1. The lowest BCUT2D eigenvalue weighted by molar-refractivity contribution is 0.201. The van der Waals surface area contributed by atoms with Crippen molar-refractivity contribution in [1.29, 1.82) is 0 Å². The van der Waals surface area contributed by atoms with Gasteiger partial charge in [0.05, 0.1) is 0 Å². The summed E-state index contributed by atoms with van der Waals surface area (Å²) in [6, 6.07) is 3.78. The molecule has 5 heteroatoms. The van der Waals surface area contributed by atoms with Crippen LogP contribution in [0.2, 0.25) is 0 Å². The zero-order chi connectivity index (χ0) is 13.2. The van der Waals surface area contributed by atoms with Crippen molar-refractivity contribution >= 4 is 12.4 Å². The van der Waals surface area contributed by atoms with Crippen molar-refractivity contribution < 1.29 is 8.78 Å². The topological polar surface area (TPSA) is 15.3 Å². The van der Waals surface area contributed by atoms with E-state index in [1.165, 1.54) is 12.1 Å². The predicted molar refractivity (Wildman–Crippen MR) is 75.5 cm³/mol. The molecular weight excluding hydrogens is 270 g/mol. The van der Waals surface area contributed by atoms with Gasteiger partial charge in [-0.05, 0) is 31.5 Å². The van der Waals surface area contributed by atoms with Crippen LogP contribution in [0, 0.1) is 17.0 Å². The second kappa shape index (κ2) is 6.64. The average molecular weight is 291 g/mol. The molecule has 1 N–H and O–H groups in total. The Bertz CT molecular complexity index is 420. The molecule has 1 aliphatic heterocycles. The van der Waals surface area contributed by atoms with E-state index in [2.05, 4.69) is 17.1 Å². The predicted octanol–water partition coefficient (Wildman–Crippen LogP) is 2.82. The summed E-state index contributed by atoms with van der Waals surface area (Å²) in [6.07, 6.45) is 1.14. The summed E-state index contributed by atoms with van der Waals surface area (Å²) in [4.78, 5) is 2.10. The maximum absolute atomic E-state index is 13.5. The minimum Gasteiger partial charge on any atom is -0.316 e. The molecule has 1 aromatic carbocycles. The summed E-state index contributed by atoms with van der Waals surface area (Å²) in [5, 5.41) is 3.35. The molecule has 1 aromatic rings. The van der Waals surface area contributed by atoms with Crippen molar-refractivity contribution in [3.05, 3.63) is 35.4 Å². The van der Waals surface area contributed by atoms with Gasteiger partial charge in [-0.1, -0.05) is 13.0 Å². The lowest BCUT2D eigenvalue weighted by Gasteiger charge is -2.29. The van der Waals surface area contributed by atoms with Gasteiger partial charge in [-0.25, -0.2) is 8.78 Å². The number of benzene rings is 1. The molecule has 1 heterocycles. The van der Waals surface area contributed by atoms with Crippen LogP contribution in [0.4, 0.5) is 8.78 Å². The Morgan fingerprint density at radius 1 is 1.37 bits per heavy atom. The van der Waals surface area contributed by atoms with Crippen LogP contribution >= 0.6 is 12.4 Å². The number of halogens is 3. The lowest BCUT2D eigenvalue weighted by Crippen LogP contribution is -2.34. The van der Waals surface area contributed by atoms with E-state index in [9.17, 15) is 8.78 Å². The van der Waals surface area contributed by atoms with E-state index in [1.807, 2.05) is 7.05 Å². The number of rotatable bonds is 4. The SMILES string of the molecule is CN(Cc1ccc(F)cc1F)CC1(C)CCNC1.Cl. The normalized spacial score (nSPS) is 22.6. The number of hydrogen-bond acceptors (Lipinski definition) is 2. The summed E-state index contributed by atoms with van der Waals surface area (Å²) in [5.41, 5.74) is 0.805. The fraction of sp³-hybridized carbons (Fsp3) is 0.571. The standard InChI is InChI=1S/C14H20F2N2.ClH/c1-14(5-6-17-9-14)10-18(2)8-11-3-4-12(15)7-13(11)16;/h3-4,7,17H,5-6,8-10H2,1-2H3;1H. The third-order valence-electron chi connectivity index (χ3n) is 3.56. The number of hydrogen-bond donors (Lipinski definition) is 1. The summed E-state index contributed by atoms with van der Waals surface area (Å²) in [6.45, 7) is 5.72. The molecular formula is C14H21ClF2N2. The maximum atomic E-state index is 13.5.